The van der Waals surface area contributed by atoms with Gasteiger partial charge in [0.05, 0.1) is 6.54 Å². The number of hydrogen-bond acceptors (Lipinski definition) is 2. The minimum Gasteiger partial charge on any atom is -0.357 e. The van der Waals surface area contributed by atoms with Crippen LogP contribution in [0.1, 0.15) is 26.2 Å². The molecule has 17 heavy (non-hydrogen) atoms. The molecule has 2 atom stereocenters. The highest BCUT2D eigenvalue weighted by Gasteiger charge is 2.33. The minimum atomic E-state index is 0.867. The molecular weight excluding hydrogens is 210 g/mol. The quantitative estimate of drug-likeness (QED) is 0.778. The molecule has 2 saturated heterocycles. The fraction of sp³-hybridized carbons (Fsp3) is 1.00. The lowest BCUT2D eigenvalue weighted by atomic mass is 9.94. The average Bonchev–Trinajstić information content (AvgIpc) is 2.74. The van der Waals surface area contributed by atoms with Crippen molar-refractivity contribution in [2.45, 2.75) is 26.2 Å². The highest BCUT2D eigenvalue weighted by atomic mass is 15.2. The number of piperidine rings is 1. The van der Waals surface area contributed by atoms with Crippen molar-refractivity contribution in [2.75, 3.05) is 46.3 Å². The van der Waals surface area contributed by atoms with Crippen LogP contribution in [-0.4, -0.2) is 56.1 Å². The lowest BCUT2D eigenvalue weighted by Crippen LogP contribution is -2.55. The van der Waals surface area contributed by atoms with Crippen molar-refractivity contribution in [3.8, 4) is 0 Å². The molecule has 0 radical (unpaired) electrons. The van der Waals surface area contributed by atoms with Crippen LogP contribution in [0, 0.1) is 17.8 Å². The molecule has 0 aromatic carbocycles. The Labute approximate surface area is 106 Å². The minimum absolute atomic E-state index is 0.867. The summed E-state index contributed by atoms with van der Waals surface area (Å²) in [6.07, 6.45) is 4.14. The molecule has 2 aliphatic heterocycles. The Morgan fingerprint density at radius 3 is 2.29 bits per heavy atom. The molecule has 0 spiro atoms. The highest BCUT2D eigenvalue weighted by molar-refractivity contribution is 4.84. The van der Waals surface area contributed by atoms with Gasteiger partial charge < -0.3 is 15.5 Å². The maximum absolute atomic E-state index is 4.12. The lowest BCUT2D eigenvalue weighted by Gasteiger charge is -2.31. The number of nitrogens with zero attached hydrogens (tertiary/aromatic N) is 2. The molecule has 3 N–H and O–H groups in total. The van der Waals surface area contributed by atoms with Crippen LogP contribution in [0.15, 0.2) is 0 Å². The molecule has 0 saturated carbocycles. The van der Waals surface area contributed by atoms with Crippen LogP contribution in [-0.2, 0) is 0 Å². The molecule has 0 amide bonds. The summed E-state index contributed by atoms with van der Waals surface area (Å²) in [7, 11) is 2.25. The maximum Gasteiger partial charge on any atom is 0.0784 e. The molecule has 2 heterocycles. The summed E-state index contributed by atoms with van der Waals surface area (Å²) in [5.74, 6) is 2.73. The summed E-state index contributed by atoms with van der Waals surface area (Å²) in [5.41, 5.74) is 4.12. The van der Waals surface area contributed by atoms with E-state index in [4.69, 9.17) is 0 Å². The summed E-state index contributed by atoms with van der Waals surface area (Å²) < 4.78 is 0. The van der Waals surface area contributed by atoms with Crippen LogP contribution >= 0.6 is 0 Å². The first-order valence-electron chi connectivity index (χ1n) is 7.43. The van der Waals surface area contributed by atoms with E-state index in [0.29, 0.717) is 0 Å². The molecule has 2 aliphatic rings. The Kier molecular flexibility index (Phi) is 4.83. The molecule has 2 fully saturated rings. The van der Waals surface area contributed by atoms with Crippen molar-refractivity contribution >= 4 is 0 Å². The van der Waals surface area contributed by atoms with Crippen LogP contribution in [0.4, 0.5) is 0 Å². The first-order valence-corrected chi connectivity index (χ1v) is 7.43. The van der Waals surface area contributed by atoms with Gasteiger partial charge in [-0.2, -0.15) is 0 Å². The van der Waals surface area contributed by atoms with E-state index in [1.165, 1.54) is 52.0 Å². The normalized spacial score (nSPS) is 33.4. The zero-order chi connectivity index (χ0) is 12.3. The number of rotatable bonds is 4. The second kappa shape index (κ2) is 6.17. The van der Waals surface area contributed by atoms with Crippen LogP contribution in [0.3, 0.4) is 0 Å². The first kappa shape index (κ1) is 13.3. The van der Waals surface area contributed by atoms with Crippen LogP contribution in [0.5, 0.6) is 0 Å². The van der Waals surface area contributed by atoms with Gasteiger partial charge in [0.15, 0.2) is 0 Å². The summed E-state index contributed by atoms with van der Waals surface area (Å²) in [6.45, 7) is 10.1. The van der Waals surface area contributed by atoms with Gasteiger partial charge in [0.2, 0.25) is 0 Å². The van der Waals surface area contributed by atoms with Gasteiger partial charge >= 0.3 is 0 Å². The van der Waals surface area contributed by atoms with E-state index in [2.05, 4.69) is 29.5 Å². The fourth-order valence-electron chi connectivity index (χ4n) is 3.58. The van der Waals surface area contributed by atoms with Crippen LogP contribution in [0.2, 0.25) is 0 Å². The Morgan fingerprint density at radius 2 is 1.76 bits per heavy atom. The van der Waals surface area contributed by atoms with Crippen molar-refractivity contribution in [2.24, 2.45) is 17.8 Å². The third-order valence-corrected chi connectivity index (χ3v) is 4.90. The van der Waals surface area contributed by atoms with Gasteiger partial charge in [-0.3, -0.25) is 0 Å². The molecule has 2 rings (SSSR count). The number of quaternary nitrogens is 1. The van der Waals surface area contributed by atoms with Crippen molar-refractivity contribution in [1.82, 2.24) is 9.80 Å². The second-order valence-electron chi connectivity index (χ2n) is 6.18. The molecule has 0 unspecified atom stereocenters. The van der Waals surface area contributed by atoms with E-state index in [0.717, 1.165) is 24.3 Å². The lowest BCUT2D eigenvalue weighted by molar-refractivity contribution is -0.380. The van der Waals surface area contributed by atoms with Crippen molar-refractivity contribution < 1.29 is 5.73 Å². The first-order chi connectivity index (χ1) is 8.22. The van der Waals surface area contributed by atoms with Gasteiger partial charge in [0.1, 0.15) is 0 Å². The zero-order valence-electron chi connectivity index (χ0n) is 11.7. The second-order valence-corrected chi connectivity index (χ2v) is 6.18. The molecular formula is C14H30N3+. The summed E-state index contributed by atoms with van der Waals surface area (Å²) >= 11 is 0. The topological polar surface area (TPSA) is 34.1 Å². The summed E-state index contributed by atoms with van der Waals surface area (Å²) in [4.78, 5) is 5.19. The van der Waals surface area contributed by atoms with Gasteiger partial charge in [-0.25, -0.2) is 0 Å². The van der Waals surface area contributed by atoms with Crippen molar-refractivity contribution in [3.05, 3.63) is 0 Å². The summed E-state index contributed by atoms with van der Waals surface area (Å²) in [6, 6.07) is 0. The van der Waals surface area contributed by atoms with E-state index in [9.17, 15) is 0 Å². The molecule has 0 aliphatic carbocycles. The molecule has 0 aromatic heterocycles. The van der Waals surface area contributed by atoms with Crippen molar-refractivity contribution in [1.29, 1.82) is 0 Å². The molecule has 3 nitrogen and oxygen atoms in total. The van der Waals surface area contributed by atoms with Gasteiger partial charge in [-0.1, -0.05) is 13.3 Å². The number of hydrogen-bond donors (Lipinski definition) is 1. The third-order valence-electron chi connectivity index (χ3n) is 4.90. The Bertz CT molecular complexity index is 212. The number of likely N-dealkylation sites (tertiary alicyclic amines) is 2. The van der Waals surface area contributed by atoms with E-state index >= 15 is 0 Å². The molecule has 3 heteroatoms. The Balaban J connectivity index is 1.76. The maximum atomic E-state index is 4.12. The van der Waals surface area contributed by atoms with Crippen LogP contribution < -0.4 is 5.73 Å². The van der Waals surface area contributed by atoms with Gasteiger partial charge in [0, 0.05) is 25.6 Å². The standard InChI is InChI=1S/C14H29N3/c1-3-13-10-17(11-14(13)8-15)9-12-4-6-16(2)7-5-12/h12-14H,3-11,15H2,1-2H3/p+1/t13-,14+/m1/s1. The predicted octanol–water partition coefficient (Wildman–Crippen LogP) is 0.528. The highest BCUT2D eigenvalue weighted by Crippen LogP contribution is 2.27. The third kappa shape index (κ3) is 3.43. The molecule has 0 bridgehead atoms. The van der Waals surface area contributed by atoms with Crippen molar-refractivity contribution in [3.63, 3.8) is 0 Å². The average molecular weight is 240 g/mol. The largest absolute Gasteiger partial charge is 0.357 e. The van der Waals surface area contributed by atoms with E-state index in [1.54, 1.807) is 0 Å². The van der Waals surface area contributed by atoms with Gasteiger partial charge in [-0.15, -0.1) is 0 Å². The van der Waals surface area contributed by atoms with E-state index in [1.807, 2.05) is 0 Å². The predicted molar refractivity (Wildman–Crippen MR) is 71.7 cm³/mol. The molecule has 100 valence electrons. The van der Waals surface area contributed by atoms with Gasteiger partial charge in [-0.05, 0) is 44.8 Å². The zero-order valence-corrected chi connectivity index (χ0v) is 11.7. The van der Waals surface area contributed by atoms with E-state index < -0.39 is 0 Å². The SMILES string of the molecule is CC[C@@H]1CN(CC2CCN(C)CC2)C[C@@H]1C[NH3+]. The molecule has 0 aromatic rings. The Hall–Kier alpha value is -0.120. The van der Waals surface area contributed by atoms with Crippen LogP contribution in [0.25, 0.3) is 0 Å². The van der Waals surface area contributed by atoms with E-state index in [-0.39, 0.29) is 0 Å². The Morgan fingerprint density at radius 1 is 1.12 bits per heavy atom. The summed E-state index contributed by atoms with van der Waals surface area (Å²) in [5, 5.41) is 0. The fourth-order valence-corrected chi connectivity index (χ4v) is 3.58. The van der Waals surface area contributed by atoms with Gasteiger partial charge in [0.25, 0.3) is 0 Å². The monoisotopic (exact) mass is 240 g/mol. The smallest absolute Gasteiger partial charge is 0.0784 e.